The third-order valence-corrected chi connectivity index (χ3v) is 2.88. The lowest BCUT2D eigenvalue weighted by molar-refractivity contribution is 0.567. The first kappa shape index (κ1) is 14.0. The van der Waals surface area contributed by atoms with E-state index in [1.54, 1.807) is 18.2 Å². The van der Waals surface area contributed by atoms with Gasteiger partial charge in [-0.3, -0.25) is 9.36 Å². The van der Waals surface area contributed by atoms with Crippen LogP contribution in [0.1, 0.15) is 19.0 Å². The number of rotatable bonds is 5. The maximum atomic E-state index is 12.2. The Bertz CT molecular complexity index is 704. The predicted molar refractivity (Wildman–Crippen MR) is 76.4 cm³/mol. The second kappa shape index (κ2) is 6.16. The van der Waals surface area contributed by atoms with Crippen molar-refractivity contribution in [2.75, 3.05) is 5.43 Å². The number of anilines is 1. The Kier molecular flexibility index (Phi) is 4.31. The molecule has 0 atom stereocenters. The van der Waals surface area contributed by atoms with Crippen molar-refractivity contribution in [3.8, 4) is 0 Å². The first-order valence-electron chi connectivity index (χ1n) is 6.38. The number of nitrogens with one attached hydrogen (secondary N) is 1. The third-order valence-electron chi connectivity index (χ3n) is 2.88. The quantitative estimate of drug-likeness (QED) is 0.598. The molecule has 0 spiro atoms. The Morgan fingerprint density at radius 3 is 2.80 bits per heavy atom. The van der Waals surface area contributed by atoms with Crippen molar-refractivity contribution in [1.82, 2.24) is 14.1 Å². The number of hydrazine groups is 1. The summed E-state index contributed by atoms with van der Waals surface area (Å²) in [4.78, 5) is 28.2. The van der Waals surface area contributed by atoms with Crippen LogP contribution in [0.15, 0.2) is 40.1 Å². The van der Waals surface area contributed by atoms with Crippen molar-refractivity contribution < 1.29 is 0 Å². The smallest absolute Gasteiger partial charge is 0.308 e. The van der Waals surface area contributed by atoms with E-state index in [-0.39, 0.29) is 17.8 Å². The molecule has 2 heterocycles. The molecule has 0 aliphatic carbocycles. The van der Waals surface area contributed by atoms with Crippen LogP contribution in [0, 0.1) is 0 Å². The lowest BCUT2D eigenvalue weighted by Crippen LogP contribution is -2.39. The van der Waals surface area contributed by atoms with Crippen LogP contribution in [-0.4, -0.2) is 14.1 Å². The number of nitrogens with two attached hydrogens (primary N) is 1. The van der Waals surface area contributed by atoms with E-state index in [2.05, 4.69) is 10.4 Å². The maximum Gasteiger partial charge on any atom is 0.331 e. The molecule has 0 radical (unpaired) electrons. The number of hydrogen-bond donors (Lipinski definition) is 2. The fraction of sp³-hybridized carbons (Fsp3) is 0.308. The normalized spacial score (nSPS) is 10.5. The fourth-order valence-corrected chi connectivity index (χ4v) is 1.92. The van der Waals surface area contributed by atoms with E-state index in [4.69, 9.17) is 5.84 Å². The van der Waals surface area contributed by atoms with Crippen molar-refractivity contribution in [1.29, 1.82) is 0 Å². The summed E-state index contributed by atoms with van der Waals surface area (Å²) < 4.78 is 2.69. The molecule has 0 aromatic carbocycles. The van der Waals surface area contributed by atoms with Gasteiger partial charge in [0.15, 0.2) is 0 Å². The molecule has 0 aliphatic rings. The zero-order chi connectivity index (χ0) is 14.5. The van der Waals surface area contributed by atoms with Crippen LogP contribution in [0.4, 0.5) is 5.82 Å². The van der Waals surface area contributed by atoms with E-state index >= 15 is 0 Å². The Balaban J connectivity index is 2.40. The molecule has 2 aromatic heterocycles. The molecule has 3 N–H and O–H groups in total. The summed E-state index contributed by atoms with van der Waals surface area (Å²) in [6.07, 6.45) is 2.35. The number of nitrogens with zero attached hydrogens (tertiary/aromatic N) is 3. The van der Waals surface area contributed by atoms with Gasteiger partial charge in [0.2, 0.25) is 0 Å². The molecule has 0 amide bonds. The van der Waals surface area contributed by atoms with E-state index < -0.39 is 0 Å². The molecule has 0 unspecified atom stereocenters. The van der Waals surface area contributed by atoms with Gasteiger partial charge in [-0.25, -0.2) is 15.6 Å². The molecule has 106 valence electrons. The molecule has 0 fully saturated rings. The lowest BCUT2D eigenvalue weighted by atomic mass is 10.3. The standard InChI is InChI=1S/C13H17N5O2/c1-2-7-17-8-6-12(19)18(13(17)20)9-10-4-3-5-11(15-10)16-14/h3-6,8H,2,7,9,14H2,1H3,(H,15,16). The molecule has 2 rings (SSSR count). The highest BCUT2D eigenvalue weighted by molar-refractivity contribution is 5.33. The first-order chi connectivity index (χ1) is 9.65. The average molecular weight is 275 g/mol. The van der Waals surface area contributed by atoms with Gasteiger partial charge in [0, 0.05) is 18.8 Å². The monoisotopic (exact) mass is 275 g/mol. The van der Waals surface area contributed by atoms with Gasteiger partial charge in [0.25, 0.3) is 5.56 Å². The number of aryl methyl sites for hydroxylation is 1. The van der Waals surface area contributed by atoms with Crippen LogP contribution in [-0.2, 0) is 13.1 Å². The van der Waals surface area contributed by atoms with Crippen molar-refractivity contribution in [3.63, 3.8) is 0 Å². The van der Waals surface area contributed by atoms with Crippen LogP contribution >= 0.6 is 0 Å². The summed E-state index contributed by atoms with van der Waals surface area (Å²) in [6.45, 7) is 2.68. The predicted octanol–water partition coefficient (Wildman–Crippen LogP) is 0.149. The molecule has 2 aromatic rings. The van der Waals surface area contributed by atoms with Gasteiger partial charge in [-0.1, -0.05) is 13.0 Å². The summed E-state index contributed by atoms with van der Waals surface area (Å²) in [5, 5.41) is 0. The fourth-order valence-electron chi connectivity index (χ4n) is 1.92. The van der Waals surface area contributed by atoms with Crippen LogP contribution in [0.25, 0.3) is 0 Å². The van der Waals surface area contributed by atoms with Crippen molar-refractivity contribution in [2.45, 2.75) is 26.4 Å². The molecule has 0 aliphatic heterocycles. The molecule has 0 saturated heterocycles. The lowest BCUT2D eigenvalue weighted by Gasteiger charge is -2.09. The number of pyridine rings is 1. The Labute approximate surface area is 115 Å². The van der Waals surface area contributed by atoms with Crippen LogP contribution in [0.3, 0.4) is 0 Å². The minimum atomic E-state index is -0.338. The van der Waals surface area contributed by atoms with Gasteiger partial charge >= 0.3 is 5.69 Å². The summed E-state index contributed by atoms with van der Waals surface area (Å²) in [5.74, 6) is 5.78. The molecule has 7 heteroatoms. The van der Waals surface area contributed by atoms with Gasteiger partial charge < -0.3 is 9.99 Å². The van der Waals surface area contributed by atoms with Gasteiger partial charge in [-0.05, 0) is 18.6 Å². The molecule has 0 saturated carbocycles. The Morgan fingerprint density at radius 1 is 1.30 bits per heavy atom. The minimum Gasteiger partial charge on any atom is -0.308 e. The second-order valence-electron chi connectivity index (χ2n) is 4.37. The van der Waals surface area contributed by atoms with Crippen molar-refractivity contribution in [2.24, 2.45) is 5.84 Å². The van der Waals surface area contributed by atoms with E-state index in [0.717, 1.165) is 11.0 Å². The largest absolute Gasteiger partial charge is 0.331 e. The highest BCUT2D eigenvalue weighted by Gasteiger charge is 2.06. The van der Waals surface area contributed by atoms with E-state index in [9.17, 15) is 9.59 Å². The van der Waals surface area contributed by atoms with E-state index in [1.807, 2.05) is 6.92 Å². The Hall–Kier alpha value is -2.41. The van der Waals surface area contributed by atoms with E-state index in [1.165, 1.54) is 16.8 Å². The molecular weight excluding hydrogens is 258 g/mol. The zero-order valence-electron chi connectivity index (χ0n) is 11.2. The Morgan fingerprint density at radius 2 is 2.10 bits per heavy atom. The SMILES string of the molecule is CCCn1ccc(=O)n(Cc2cccc(NN)n2)c1=O. The van der Waals surface area contributed by atoms with Gasteiger partial charge in [0.1, 0.15) is 5.82 Å². The summed E-state index contributed by atoms with van der Waals surface area (Å²) in [5.41, 5.74) is 2.36. The molecular formula is C13H17N5O2. The van der Waals surface area contributed by atoms with Crippen molar-refractivity contribution >= 4 is 5.82 Å². The summed E-state index contributed by atoms with van der Waals surface area (Å²) >= 11 is 0. The van der Waals surface area contributed by atoms with Crippen LogP contribution < -0.4 is 22.5 Å². The van der Waals surface area contributed by atoms with E-state index in [0.29, 0.717) is 18.1 Å². The molecule has 0 bridgehead atoms. The number of aromatic nitrogens is 3. The summed E-state index contributed by atoms with van der Waals surface area (Å²) in [7, 11) is 0. The molecule has 20 heavy (non-hydrogen) atoms. The first-order valence-corrected chi connectivity index (χ1v) is 6.38. The highest BCUT2D eigenvalue weighted by atomic mass is 16.2. The average Bonchev–Trinajstić information content (AvgIpc) is 2.47. The van der Waals surface area contributed by atoms with Gasteiger partial charge in [-0.2, -0.15) is 0 Å². The maximum absolute atomic E-state index is 12.2. The topological polar surface area (TPSA) is 94.9 Å². The van der Waals surface area contributed by atoms with Crippen LogP contribution in [0.5, 0.6) is 0 Å². The molecule has 7 nitrogen and oxygen atoms in total. The van der Waals surface area contributed by atoms with Gasteiger partial charge in [0.05, 0.1) is 12.2 Å². The minimum absolute atomic E-state index is 0.123. The zero-order valence-corrected chi connectivity index (χ0v) is 11.2. The number of nitrogen functional groups attached to an aromatic ring is 1. The van der Waals surface area contributed by atoms with Crippen LogP contribution in [0.2, 0.25) is 0 Å². The second-order valence-corrected chi connectivity index (χ2v) is 4.37. The third kappa shape index (κ3) is 2.94. The van der Waals surface area contributed by atoms with Crippen molar-refractivity contribution in [3.05, 3.63) is 57.0 Å². The number of hydrogen-bond acceptors (Lipinski definition) is 5. The van der Waals surface area contributed by atoms with Gasteiger partial charge in [-0.15, -0.1) is 0 Å². The highest BCUT2D eigenvalue weighted by Crippen LogP contribution is 2.03. The summed E-state index contributed by atoms with van der Waals surface area (Å²) in [6, 6.07) is 6.59.